The predicted molar refractivity (Wildman–Crippen MR) is 90.5 cm³/mol. The fourth-order valence-electron chi connectivity index (χ4n) is 5.34. The second-order valence-electron chi connectivity index (χ2n) is 8.33. The monoisotopic (exact) mass is 292 g/mol. The molecular formula is C19H36N2. The molecule has 2 atom stereocenters. The van der Waals surface area contributed by atoms with Crippen molar-refractivity contribution in [3.8, 4) is 0 Å². The third-order valence-corrected chi connectivity index (χ3v) is 6.73. The second kappa shape index (κ2) is 7.00. The Bertz CT molecular complexity index is 314. The van der Waals surface area contributed by atoms with Crippen molar-refractivity contribution in [2.45, 2.75) is 77.7 Å². The highest BCUT2D eigenvalue weighted by atomic mass is 15.2. The molecule has 21 heavy (non-hydrogen) atoms. The average molecular weight is 293 g/mol. The van der Waals surface area contributed by atoms with Crippen LogP contribution in [0.3, 0.4) is 0 Å². The lowest BCUT2D eigenvalue weighted by Crippen LogP contribution is -2.51. The molecule has 2 saturated carbocycles. The van der Waals surface area contributed by atoms with Crippen molar-refractivity contribution in [1.82, 2.24) is 10.2 Å². The quantitative estimate of drug-likeness (QED) is 0.822. The van der Waals surface area contributed by atoms with Crippen LogP contribution in [0.2, 0.25) is 0 Å². The third kappa shape index (κ3) is 3.64. The SMILES string of the molecule is CCNCC1(CN2CCCC3CCCC32)CCC(C)CC1. The van der Waals surface area contributed by atoms with Crippen molar-refractivity contribution in [2.75, 3.05) is 26.2 Å². The molecule has 1 aliphatic heterocycles. The van der Waals surface area contributed by atoms with Crippen molar-refractivity contribution in [2.24, 2.45) is 17.3 Å². The van der Waals surface area contributed by atoms with Crippen molar-refractivity contribution < 1.29 is 0 Å². The van der Waals surface area contributed by atoms with Crippen LogP contribution in [0, 0.1) is 17.3 Å². The van der Waals surface area contributed by atoms with Gasteiger partial charge in [-0.25, -0.2) is 0 Å². The van der Waals surface area contributed by atoms with Crippen molar-refractivity contribution in [3.05, 3.63) is 0 Å². The first kappa shape index (κ1) is 15.8. The zero-order valence-corrected chi connectivity index (χ0v) is 14.4. The summed E-state index contributed by atoms with van der Waals surface area (Å²) in [5.41, 5.74) is 0.576. The Kier molecular flexibility index (Phi) is 5.27. The summed E-state index contributed by atoms with van der Waals surface area (Å²) in [7, 11) is 0. The van der Waals surface area contributed by atoms with Crippen molar-refractivity contribution in [3.63, 3.8) is 0 Å². The number of hydrogen-bond donors (Lipinski definition) is 1. The van der Waals surface area contributed by atoms with Gasteiger partial charge in [-0.2, -0.15) is 0 Å². The first-order valence-corrected chi connectivity index (χ1v) is 9.67. The molecule has 1 N–H and O–H groups in total. The molecule has 0 spiro atoms. The number of hydrogen-bond acceptors (Lipinski definition) is 2. The maximum Gasteiger partial charge on any atom is 0.0124 e. The molecule has 0 aromatic heterocycles. The largest absolute Gasteiger partial charge is 0.316 e. The minimum Gasteiger partial charge on any atom is -0.316 e. The summed E-state index contributed by atoms with van der Waals surface area (Å²) < 4.78 is 0. The molecule has 0 aromatic carbocycles. The lowest BCUT2D eigenvalue weighted by Gasteiger charge is -2.47. The van der Waals surface area contributed by atoms with Crippen LogP contribution in [0.4, 0.5) is 0 Å². The summed E-state index contributed by atoms with van der Waals surface area (Å²) in [6.45, 7) is 9.85. The highest BCUT2D eigenvalue weighted by Crippen LogP contribution is 2.43. The van der Waals surface area contributed by atoms with E-state index in [0.29, 0.717) is 5.41 Å². The molecular weight excluding hydrogens is 256 g/mol. The van der Waals surface area contributed by atoms with Gasteiger partial charge in [0.25, 0.3) is 0 Å². The van der Waals surface area contributed by atoms with E-state index in [-0.39, 0.29) is 0 Å². The smallest absolute Gasteiger partial charge is 0.0124 e. The average Bonchev–Trinajstić information content (AvgIpc) is 2.98. The highest BCUT2D eigenvalue weighted by Gasteiger charge is 2.41. The summed E-state index contributed by atoms with van der Waals surface area (Å²) in [6, 6.07) is 0.941. The fraction of sp³-hybridized carbons (Fsp3) is 1.00. The maximum absolute atomic E-state index is 3.70. The number of nitrogens with one attached hydrogen (secondary N) is 1. The van der Waals surface area contributed by atoms with Gasteiger partial charge in [-0.3, -0.25) is 4.90 Å². The van der Waals surface area contributed by atoms with Crippen LogP contribution in [0.1, 0.15) is 71.6 Å². The van der Waals surface area contributed by atoms with Gasteiger partial charge in [0.2, 0.25) is 0 Å². The lowest BCUT2D eigenvalue weighted by atomic mass is 9.70. The van der Waals surface area contributed by atoms with Gasteiger partial charge >= 0.3 is 0 Å². The van der Waals surface area contributed by atoms with E-state index in [1.807, 2.05) is 0 Å². The van der Waals surface area contributed by atoms with Gasteiger partial charge in [0.15, 0.2) is 0 Å². The summed E-state index contributed by atoms with van der Waals surface area (Å²) in [5.74, 6) is 2.00. The molecule has 2 unspecified atom stereocenters. The molecule has 2 heteroatoms. The minimum atomic E-state index is 0.576. The van der Waals surface area contributed by atoms with Crippen LogP contribution >= 0.6 is 0 Å². The number of piperidine rings is 1. The molecule has 122 valence electrons. The number of likely N-dealkylation sites (tertiary alicyclic amines) is 1. The minimum absolute atomic E-state index is 0.576. The number of rotatable bonds is 5. The topological polar surface area (TPSA) is 15.3 Å². The van der Waals surface area contributed by atoms with Crippen LogP contribution in [0.25, 0.3) is 0 Å². The third-order valence-electron chi connectivity index (χ3n) is 6.73. The first-order valence-electron chi connectivity index (χ1n) is 9.67. The zero-order valence-electron chi connectivity index (χ0n) is 14.4. The second-order valence-corrected chi connectivity index (χ2v) is 8.33. The standard InChI is InChI=1S/C19H36N2/c1-3-20-14-19(11-9-16(2)10-12-19)15-21-13-5-7-17-6-4-8-18(17)21/h16-18,20H,3-15H2,1-2H3. The van der Waals surface area contributed by atoms with Crippen molar-refractivity contribution in [1.29, 1.82) is 0 Å². The normalized spacial score (nSPS) is 41.1. The Morgan fingerprint density at radius 3 is 2.57 bits per heavy atom. The summed E-state index contributed by atoms with van der Waals surface area (Å²) in [5, 5.41) is 3.70. The molecule has 0 bridgehead atoms. The van der Waals surface area contributed by atoms with Gasteiger partial charge in [-0.15, -0.1) is 0 Å². The van der Waals surface area contributed by atoms with Crippen LogP contribution in [0.15, 0.2) is 0 Å². The first-order chi connectivity index (χ1) is 10.2. The Morgan fingerprint density at radius 2 is 1.81 bits per heavy atom. The van der Waals surface area contributed by atoms with Gasteiger partial charge < -0.3 is 5.32 Å². The Hall–Kier alpha value is -0.0800. The van der Waals surface area contributed by atoms with Crippen LogP contribution in [-0.4, -0.2) is 37.1 Å². The molecule has 0 radical (unpaired) electrons. The number of nitrogens with zero attached hydrogens (tertiary/aromatic N) is 1. The summed E-state index contributed by atoms with van der Waals surface area (Å²) >= 11 is 0. The summed E-state index contributed by atoms with van der Waals surface area (Å²) in [4.78, 5) is 2.93. The Balaban J connectivity index is 1.65. The molecule has 2 aliphatic carbocycles. The van der Waals surface area contributed by atoms with E-state index in [2.05, 4.69) is 24.1 Å². The Labute approximate surface area is 132 Å². The maximum atomic E-state index is 3.70. The molecule has 0 aromatic rings. The van der Waals surface area contributed by atoms with E-state index in [1.165, 1.54) is 77.4 Å². The van der Waals surface area contributed by atoms with E-state index in [4.69, 9.17) is 0 Å². The number of fused-ring (bicyclic) bond motifs is 1. The molecule has 1 heterocycles. The van der Waals surface area contributed by atoms with E-state index >= 15 is 0 Å². The lowest BCUT2D eigenvalue weighted by molar-refractivity contribution is 0.0320. The summed E-state index contributed by atoms with van der Waals surface area (Å²) in [6.07, 6.45) is 13.3. The van der Waals surface area contributed by atoms with E-state index < -0.39 is 0 Å². The van der Waals surface area contributed by atoms with Gasteiger partial charge in [0, 0.05) is 19.1 Å². The molecule has 3 aliphatic rings. The molecule has 3 fully saturated rings. The van der Waals surface area contributed by atoms with Crippen LogP contribution < -0.4 is 5.32 Å². The molecule has 1 saturated heterocycles. The molecule has 0 amide bonds. The van der Waals surface area contributed by atoms with Gasteiger partial charge in [0.05, 0.1) is 0 Å². The van der Waals surface area contributed by atoms with Crippen molar-refractivity contribution >= 4 is 0 Å². The van der Waals surface area contributed by atoms with Gasteiger partial charge in [-0.1, -0.05) is 33.1 Å². The van der Waals surface area contributed by atoms with Crippen LogP contribution in [-0.2, 0) is 0 Å². The van der Waals surface area contributed by atoms with E-state index in [1.54, 1.807) is 0 Å². The van der Waals surface area contributed by atoms with Crippen LogP contribution in [0.5, 0.6) is 0 Å². The predicted octanol–water partition coefficient (Wildman–Crippen LogP) is 4.06. The van der Waals surface area contributed by atoms with E-state index in [0.717, 1.165) is 24.4 Å². The zero-order chi connectivity index (χ0) is 14.7. The van der Waals surface area contributed by atoms with Gasteiger partial charge in [-0.05, 0) is 68.9 Å². The van der Waals surface area contributed by atoms with Gasteiger partial charge in [0.1, 0.15) is 0 Å². The highest BCUT2D eigenvalue weighted by molar-refractivity contribution is 4.95. The Morgan fingerprint density at radius 1 is 1.05 bits per heavy atom. The molecule has 2 nitrogen and oxygen atoms in total. The fourth-order valence-corrected chi connectivity index (χ4v) is 5.34. The van der Waals surface area contributed by atoms with E-state index in [9.17, 15) is 0 Å². The molecule has 3 rings (SSSR count).